The zero-order valence-corrected chi connectivity index (χ0v) is 13.0. The van der Waals surface area contributed by atoms with Crippen LogP contribution in [0, 0.1) is 0 Å². The van der Waals surface area contributed by atoms with Crippen LogP contribution >= 0.6 is 12.2 Å². The van der Waals surface area contributed by atoms with Crippen molar-refractivity contribution in [3.63, 3.8) is 0 Å². The van der Waals surface area contributed by atoms with Crippen molar-refractivity contribution in [2.24, 2.45) is 5.73 Å². The molecule has 1 fully saturated rings. The molecule has 0 saturated carbocycles. The predicted octanol–water partition coefficient (Wildman–Crippen LogP) is 1.48. The third kappa shape index (κ3) is 3.91. The molecule has 1 atom stereocenters. The minimum absolute atomic E-state index is 0.268. The van der Waals surface area contributed by atoms with E-state index in [0.29, 0.717) is 4.99 Å². The van der Waals surface area contributed by atoms with E-state index in [1.54, 1.807) is 0 Å². The summed E-state index contributed by atoms with van der Waals surface area (Å²) >= 11 is 4.97. The summed E-state index contributed by atoms with van der Waals surface area (Å²) in [4.78, 5) is 5.08. The first-order chi connectivity index (χ1) is 9.60. The molecule has 1 unspecified atom stereocenters. The monoisotopic (exact) mass is 293 g/mol. The smallest absolute Gasteiger partial charge is 0.103 e. The molecule has 1 saturated heterocycles. The molecular formula is C15H23N3OS. The molecule has 1 aromatic carbocycles. The highest BCUT2D eigenvalue weighted by molar-refractivity contribution is 7.80. The van der Waals surface area contributed by atoms with Crippen molar-refractivity contribution < 1.29 is 4.74 Å². The van der Waals surface area contributed by atoms with Gasteiger partial charge in [-0.1, -0.05) is 19.1 Å². The van der Waals surface area contributed by atoms with E-state index in [4.69, 9.17) is 22.7 Å². The summed E-state index contributed by atoms with van der Waals surface area (Å²) in [5.41, 5.74) is 7.67. The Labute approximate surface area is 126 Å². The van der Waals surface area contributed by atoms with Gasteiger partial charge in [-0.15, -0.1) is 0 Å². The number of anilines is 1. The van der Waals surface area contributed by atoms with Crippen LogP contribution in [-0.4, -0.2) is 55.8 Å². The molecule has 0 amide bonds. The molecule has 2 rings (SSSR count). The molecule has 20 heavy (non-hydrogen) atoms. The Morgan fingerprint density at radius 3 is 2.75 bits per heavy atom. The molecule has 0 aliphatic carbocycles. The Morgan fingerprint density at radius 2 is 2.15 bits per heavy atom. The van der Waals surface area contributed by atoms with Gasteiger partial charge in [0.15, 0.2) is 0 Å². The zero-order chi connectivity index (χ0) is 14.5. The van der Waals surface area contributed by atoms with Gasteiger partial charge in [0.1, 0.15) is 4.99 Å². The highest BCUT2D eigenvalue weighted by atomic mass is 32.1. The average Bonchev–Trinajstić information content (AvgIpc) is 2.47. The standard InChI is InChI=1S/C15H23N3OS/c1-3-18-8-9-19-14(11-18)10-17(2)13-6-4-12(5-7-13)15(16)20/h4-7,14H,3,8-11H2,1-2H3,(H2,16,20). The first kappa shape index (κ1) is 15.2. The van der Waals surface area contributed by atoms with E-state index in [-0.39, 0.29) is 6.10 Å². The van der Waals surface area contributed by atoms with Crippen LogP contribution in [0.5, 0.6) is 0 Å². The number of nitrogens with two attached hydrogens (primary N) is 1. The van der Waals surface area contributed by atoms with E-state index < -0.39 is 0 Å². The van der Waals surface area contributed by atoms with E-state index in [1.165, 1.54) is 0 Å². The van der Waals surface area contributed by atoms with Crippen LogP contribution in [0.2, 0.25) is 0 Å². The number of likely N-dealkylation sites (N-methyl/N-ethyl adjacent to an activating group) is 2. The number of thiocarbonyl (C=S) groups is 1. The molecule has 0 aromatic heterocycles. The predicted molar refractivity (Wildman–Crippen MR) is 87.5 cm³/mol. The molecule has 0 bridgehead atoms. The highest BCUT2D eigenvalue weighted by Crippen LogP contribution is 2.16. The van der Waals surface area contributed by atoms with Gasteiger partial charge in [-0.3, -0.25) is 4.90 Å². The minimum Gasteiger partial charge on any atom is -0.389 e. The molecule has 2 N–H and O–H groups in total. The Hall–Kier alpha value is -1.17. The summed E-state index contributed by atoms with van der Waals surface area (Å²) in [6.45, 7) is 7.05. The number of benzene rings is 1. The molecule has 4 nitrogen and oxygen atoms in total. The number of hydrogen-bond acceptors (Lipinski definition) is 4. The SMILES string of the molecule is CCN1CCOC(CN(C)c2ccc(C(N)=S)cc2)C1. The van der Waals surface area contributed by atoms with Gasteiger partial charge in [0.25, 0.3) is 0 Å². The second-order valence-corrected chi connectivity index (χ2v) is 5.62. The van der Waals surface area contributed by atoms with Gasteiger partial charge in [-0.05, 0) is 30.8 Å². The lowest BCUT2D eigenvalue weighted by molar-refractivity contribution is -0.0216. The van der Waals surface area contributed by atoms with Gasteiger partial charge >= 0.3 is 0 Å². The van der Waals surface area contributed by atoms with Crippen LogP contribution in [-0.2, 0) is 4.74 Å². The topological polar surface area (TPSA) is 41.7 Å². The van der Waals surface area contributed by atoms with Gasteiger partial charge in [0.2, 0.25) is 0 Å². The lowest BCUT2D eigenvalue weighted by atomic mass is 10.2. The van der Waals surface area contributed by atoms with Crippen molar-refractivity contribution in [2.75, 3.05) is 44.7 Å². The second-order valence-electron chi connectivity index (χ2n) is 5.18. The van der Waals surface area contributed by atoms with Crippen molar-refractivity contribution in [2.45, 2.75) is 13.0 Å². The van der Waals surface area contributed by atoms with Crippen molar-refractivity contribution in [3.8, 4) is 0 Å². The number of hydrogen-bond donors (Lipinski definition) is 1. The van der Waals surface area contributed by atoms with Crippen molar-refractivity contribution in [1.29, 1.82) is 0 Å². The minimum atomic E-state index is 0.268. The lowest BCUT2D eigenvalue weighted by Crippen LogP contribution is -2.46. The quantitative estimate of drug-likeness (QED) is 0.833. The summed E-state index contributed by atoms with van der Waals surface area (Å²) in [6.07, 6.45) is 0.268. The average molecular weight is 293 g/mol. The normalized spacial score (nSPS) is 19.8. The first-order valence-corrected chi connectivity index (χ1v) is 7.46. The molecular weight excluding hydrogens is 270 g/mol. The van der Waals surface area contributed by atoms with Crippen LogP contribution in [0.3, 0.4) is 0 Å². The molecule has 1 aromatic rings. The van der Waals surface area contributed by atoms with Crippen LogP contribution in [0.4, 0.5) is 5.69 Å². The first-order valence-electron chi connectivity index (χ1n) is 7.05. The third-order valence-corrected chi connectivity index (χ3v) is 3.98. The van der Waals surface area contributed by atoms with Crippen molar-refractivity contribution in [3.05, 3.63) is 29.8 Å². The fourth-order valence-corrected chi connectivity index (χ4v) is 2.61. The zero-order valence-electron chi connectivity index (χ0n) is 12.2. The highest BCUT2D eigenvalue weighted by Gasteiger charge is 2.20. The van der Waals surface area contributed by atoms with Crippen LogP contribution in [0.25, 0.3) is 0 Å². The van der Waals surface area contributed by atoms with Gasteiger partial charge in [-0.2, -0.15) is 0 Å². The van der Waals surface area contributed by atoms with Crippen LogP contribution in [0.15, 0.2) is 24.3 Å². The lowest BCUT2D eigenvalue weighted by Gasteiger charge is -2.34. The molecule has 1 aliphatic rings. The summed E-state index contributed by atoms with van der Waals surface area (Å²) < 4.78 is 5.84. The van der Waals surface area contributed by atoms with E-state index in [1.807, 2.05) is 12.1 Å². The summed E-state index contributed by atoms with van der Waals surface area (Å²) in [5, 5.41) is 0. The number of ether oxygens (including phenoxy) is 1. The van der Waals surface area contributed by atoms with Gasteiger partial charge < -0.3 is 15.4 Å². The molecule has 110 valence electrons. The molecule has 1 aliphatic heterocycles. The van der Waals surface area contributed by atoms with E-state index >= 15 is 0 Å². The number of morpholine rings is 1. The fourth-order valence-electron chi connectivity index (χ4n) is 2.47. The molecule has 5 heteroatoms. The number of nitrogens with zero attached hydrogens (tertiary/aromatic N) is 2. The maximum atomic E-state index is 5.84. The second kappa shape index (κ2) is 7.02. The fraction of sp³-hybridized carbons (Fsp3) is 0.533. The Morgan fingerprint density at radius 1 is 1.45 bits per heavy atom. The maximum Gasteiger partial charge on any atom is 0.103 e. The van der Waals surface area contributed by atoms with E-state index in [9.17, 15) is 0 Å². The Kier molecular flexibility index (Phi) is 5.34. The summed E-state index contributed by atoms with van der Waals surface area (Å²) in [7, 11) is 2.09. The van der Waals surface area contributed by atoms with Gasteiger partial charge in [-0.25, -0.2) is 0 Å². The third-order valence-electron chi connectivity index (χ3n) is 3.74. The summed E-state index contributed by atoms with van der Waals surface area (Å²) in [6, 6.07) is 8.03. The summed E-state index contributed by atoms with van der Waals surface area (Å²) in [5.74, 6) is 0. The van der Waals surface area contributed by atoms with Crippen LogP contribution < -0.4 is 10.6 Å². The molecule has 0 spiro atoms. The molecule has 1 heterocycles. The number of rotatable bonds is 5. The van der Waals surface area contributed by atoms with E-state index in [0.717, 1.165) is 44.0 Å². The Bertz CT molecular complexity index is 449. The Balaban J connectivity index is 1.93. The van der Waals surface area contributed by atoms with Gasteiger partial charge in [0.05, 0.1) is 12.7 Å². The van der Waals surface area contributed by atoms with Crippen molar-refractivity contribution >= 4 is 22.9 Å². The van der Waals surface area contributed by atoms with E-state index in [2.05, 4.69) is 35.9 Å². The maximum absolute atomic E-state index is 5.84. The van der Waals surface area contributed by atoms with Crippen LogP contribution in [0.1, 0.15) is 12.5 Å². The van der Waals surface area contributed by atoms with Gasteiger partial charge in [0, 0.05) is 37.9 Å². The largest absolute Gasteiger partial charge is 0.389 e. The van der Waals surface area contributed by atoms with Crippen molar-refractivity contribution in [1.82, 2.24) is 4.90 Å². The molecule has 0 radical (unpaired) electrons.